The molecule has 0 aromatic rings. The van der Waals surface area contributed by atoms with Gasteiger partial charge in [-0.25, -0.2) is 0 Å². The van der Waals surface area contributed by atoms with E-state index < -0.39 is 5.54 Å². The number of amides is 1. The molecule has 1 saturated carbocycles. The third kappa shape index (κ3) is 4.11. The Bertz CT molecular complexity index is 336. The van der Waals surface area contributed by atoms with Crippen molar-refractivity contribution in [2.75, 3.05) is 33.5 Å². The number of thioether (sulfide) groups is 1. The Morgan fingerprint density at radius 3 is 2.68 bits per heavy atom. The molecule has 0 aromatic heterocycles. The minimum atomic E-state index is -0.553. The van der Waals surface area contributed by atoms with Gasteiger partial charge in [0.05, 0.1) is 12.9 Å². The van der Waals surface area contributed by atoms with Crippen LogP contribution in [-0.4, -0.2) is 61.1 Å². The van der Waals surface area contributed by atoms with E-state index in [0.29, 0.717) is 11.0 Å². The smallest absolute Gasteiger partial charge is 0.326 e. The fraction of sp³-hybridized carbons (Fsp3) is 0.846. The van der Waals surface area contributed by atoms with Gasteiger partial charge in [-0.05, 0) is 25.8 Å². The fourth-order valence-electron chi connectivity index (χ4n) is 2.41. The number of likely N-dealkylation sites (N-methyl/N-ethyl adjacent to an activating group) is 1. The van der Waals surface area contributed by atoms with Gasteiger partial charge in [0.1, 0.15) is 5.54 Å². The van der Waals surface area contributed by atoms with Gasteiger partial charge in [0.2, 0.25) is 5.91 Å². The summed E-state index contributed by atoms with van der Waals surface area (Å²) in [6, 6.07) is 0. The third-order valence-corrected chi connectivity index (χ3v) is 4.79. The fourth-order valence-corrected chi connectivity index (χ4v) is 3.74. The summed E-state index contributed by atoms with van der Waals surface area (Å²) in [5, 5.41) is 3.60. The Morgan fingerprint density at radius 1 is 1.47 bits per heavy atom. The van der Waals surface area contributed by atoms with Crippen molar-refractivity contribution in [2.45, 2.75) is 37.0 Å². The molecule has 0 aromatic carbocycles. The number of hydrogen-bond donors (Lipinski definition) is 1. The van der Waals surface area contributed by atoms with Gasteiger partial charge in [-0.15, -0.1) is 11.8 Å². The summed E-state index contributed by atoms with van der Waals surface area (Å²) in [4.78, 5) is 25.1. The molecule has 1 N–H and O–H groups in total. The average Bonchev–Trinajstić information content (AvgIpc) is 2.80. The van der Waals surface area contributed by atoms with Gasteiger partial charge in [0, 0.05) is 19.3 Å². The number of methoxy groups -OCH3 is 1. The van der Waals surface area contributed by atoms with Crippen LogP contribution in [0.5, 0.6) is 0 Å². The molecule has 1 aliphatic carbocycles. The van der Waals surface area contributed by atoms with E-state index in [-0.39, 0.29) is 11.9 Å². The van der Waals surface area contributed by atoms with Crippen LogP contribution in [0.15, 0.2) is 0 Å². The van der Waals surface area contributed by atoms with E-state index in [4.69, 9.17) is 4.74 Å². The van der Waals surface area contributed by atoms with Gasteiger partial charge in [0.15, 0.2) is 0 Å². The predicted octanol–water partition coefficient (Wildman–Crippen LogP) is 0.882. The van der Waals surface area contributed by atoms with Crippen molar-refractivity contribution < 1.29 is 14.3 Å². The van der Waals surface area contributed by atoms with Crippen LogP contribution in [0.25, 0.3) is 0 Å². The molecule has 19 heavy (non-hydrogen) atoms. The highest BCUT2D eigenvalue weighted by atomic mass is 32.2. The highest BCUT2D eigenvalue weighted by molar-refractivity contribution is 8.00. The summed E-state index contributed by atoms with van der Waals surface area (Å²) in [5.74, 6) is 0.404. The number of ether oxygens (including phenoxy) is 1. The Labute approximate surface area is 119 Å². The maximum atomic E-state index is 11.9. The second kappa shape index (κ2) is 7.14. The number of carbonyl (C=O) groups is 2. The first kappa shape index (κ1) is 16.3. The van der Waals surface area contributed by atoms with E-state index in [9.17, 15) is 9.59 Å². The summed E-state index contributed by atoms with van der Waals surface area (Å²) in [5.41, 5.74) is -0.553. The molecule has 0 aliphatic heterocycles. The van der Waals surface area contributed by atoms with E-state index in [1.54, 1.807) is 30.8 Å². The normalized spacial score (nSPS) is 26.2. The van der Waals surface area contributed by atoms with Gasteiger partial charge in [-0.3, -0.25) is 9.59 Å². The van der Waals surface area contributed by atoms with Gasteiger partial charge >= 0.3 is 5.97 Å². The molecule has 0 heterocycles. The first-order valence-corrected chi connectivity index (χ1v) is 7.65. The van der Waals surface area contributed by atoms with Gasteiger partial charge in [0.25, 0.3) is 0 Å². The highest BCUT2D eigenvalue weighted by Gasteiger charge is 2.45. The number of esters is 1. The molecule has 0 radical (unpaired) electrons. The number of carbonyl (C=O) groups excluding carboxylic acids is 2. The topological polar surface area (TPSA) is 58.6 Å². The lowest BCUT2D eigenvalue weighted by Crippen LogP contribution is -2.50. The van der Waals surface area contributed by atoms with Crippen LogP contribution in [0.4, 0.5) is 0 Å². The second-order valence-corrected chi connectivity index (χ2v) is 6.36. The first-order chi connectivity index (χ1) is 8.95. The molecule has 0 saturated heterocycles. The summed E-state index contributed by atoms with van der Waals surface area (Å²) in [6.07, 6.45) is 2.45. The summed E-state index contributed by atoms with van der Waals surface area (Å²) in [6.45, 7) is 2.73. The Hall–Kier alpha value is -0.750. The quantitative estimate of drug-likeness (QED) is 0.735. The van der Waals surface area contributed by atoms with E-state index >= 15 is 0 Å². The van der Waals surface area contributed by atoms with Crippen molar-refractivity contribution in [3.05, 3.63) is 0 Å². The molecule has 1 amide bonds. The molecule has 6 heteroatoms. The van der Waals surface area contributed by atoms with Crippen LogP contribution < -0.4 is 5.32 Å². The van der Waals surface area contributed by atoms with Crippen LogP contribution >= 0.6 is 11.8 Å². The summed E-state index contributed by atoms with van der Waals surface area (Å²) < 4.78 is 4.92. The number of nitrogens with one attached hydrogen (secondary N) is 1. The van der Waals surface area contributed by atoms with Crippen LogP contribution in [0.3, 0.4) is 0 Å². The lowest BCUT2D eigenvalue weighted by Gasteiger charge is -2.27. The number of hydrogen-bond acceptors (Lipinski definition) is 5. The van der Waals surface area contributed by atoms with Crippen molar-refractivity contribution in [1.82, 2.24) is 10.2 Å². The van der Waals surface area contributed by atoms with Crippen molar-refractivity contribution in [3.63, 3.8) is 0 Å². The maximum absolute atomic E-state index is 11.9. The van der Waals surface area contributed by atoms with Crippen molar-refractivity contribution >= 4 is 23.6 Å². The SMILES string of the molecule is CCNC1(C(=O)OC)CCC(SCC(=O)N(C)C)C1. The first-order valence-electron chi connectivity index (χ1n) is 6.60. The Kier molecular flexibility index (Phi) is 6.13. The second-order valence-electron chi connectivity index (χ2n) is 5.07. The minimum Gasteiger partial charge on any atom is -0.468 e. The standard InChI is InChI=1S/C13H24N2O3S/c1-5-14-13(12(17)18-4)7-6-10(8-13)19-9-11(16)15(2)3/h10,14H,5-9H2,1-4H3. The molecule has 1 fully saturated rings. The Morgan fingerprint density at radius 2 is 2.16 bits per heavy atom. The lowest BCUT2D eigenvalue weighted by molar-refractivity contribution is -0.148. The number of rotatable bonds is 6. The summed E-state index contributed by atoms with van der Waals surface area (Å²) >= 11 is 1.64. The Balaban J connectivity index is 2.54. The van der Waals surface area contributed by atoms with Gasteiger partial charge < -0.3 is 15.0 Å². The molecule has 1 rings (SSSR count). The average molecular weight is 288 g/mol. The van der Waals surface area contributed by atoms with Crippen LogP contribution in [0, 0.1) is 0 Å². The zero-order valence-electron chi connectivity index (χ0n) is 12.2. The van der Waals surface area contributed by atoms with Gasteiger partial charge in [-0.2, -0.15) is 0 Å². The highest BCUT2D eigenvalue weighted by Crippen LogP contribution is 2.37. The van der Waals surface area contributed by atoms with Crippen molar-refractivity contribution in [2.24, 2.45) is 0 Å². The largest absolute Gasteiger partial charge is 0.468 e. The van der Waals surface area contributed by atoms with E-state index in [1.807, 2.05) is 6.92 Å². The van der Waals surface area contributed by atoms with Crippen LogP contribution in [-0.2, 0) is 14.3 Å². The molecule has 1 aliphatic rings. The van der Waals surface area contributed by atoms with Crippen LogP contribution in [0.1, 0.15) is 26.2 Å². The molecule has 0 bridgehead atoms. The zero-order valence-corrected chi connectivity index (χ0v) is 13.0. The molecule has 0 spiro atoms. The van der Waals surface area contributed by atoms with E-state index in [0.717, 1.165) is 25.8 Å². The zero-order chi connectivity index (χ0) is 14.5. The molecule has 110 valence electrons. The maximum Gasteiger partial charge on any atom is 0.326 e. The molecule has 2 unspecified atom stereocenters. The lowest BCUT2D eigenvalue weighted by atomic mass is 9.98. The van der Waals surface area contributed by atoms with E-state index in [2.05, 4.69) is 5.32 Å². The molecule has 2 atom stereocenters. The predicted molar refractivity (Wildman–Crippen MR) is 77.2 cm³/mol. The van der Waals surface area contributed by atoms with Crippen molar-refractivity contribution in [1.29, 1.82) is 0 Å². The molecular weight excluding hydrogens is 264 g/mol. The van der Waals surface area contributed by atoms with Crippen molar-refractivity contribution in [3.8, 4) is 0 Å². The minimum absolute atomic E-state index is 0.115. The van der Waals surface area contributed by atoms with Crippen LogP contribution in [0.2, 0.25) is 0 Å². The van der Waals surface area contributed by atoms with Gasteiger partial charge in [-0.1, -0.05) is 6.92 Å². The molecular formula is C13H24N2O3S. The third-order valence-electron chi connectivity index (χ3n) is 3.50. The van der Waals surface area contributed by atoms with E-state index in [1.165, 1.54) is 7.11 Å². The summed E-state index contributed by atoms with van der Waals surface area (Å²) in [7, 11) is 4.95. The monoisotopic (exact) mass is 288 g/mol. The molecule has 5 nitrogen and oxygen atoms in total. The number of nitrogens with zero attached hydrogens (tertiary/aromatic N) is 1.